The lowest BCUT2D eigenvalue weighted by atomic mass is 9.78. The van der Waals surface area contributed by atoms with Gasteiger partial charge in [0.15, 0.2) is 0 Å². The summed E-state index contributed by atoms with van der Waals surface area (Å²) >= 11 is 1.17. The number of halogens is 12. The van der Waals surface area contributed by atoms with Crippen molar-refractivity contribution in [2.75, 3.05) is 0 Å². The van der Waals surface area contributed by atoms with Crippen LogP contribution in [-0.4, -0.2) is 33.8 Å². The second-order valence-corrected chi connectivity index (χ2v) is 7.61. The normalized spacial score (nSPS) is 19.2. The zero-order valence-electron chi connectivity index (χ0n) is 13.7. The van der Waals surface area contributed by atoms with Crippen molar-refractivity contribution >= 4 is 22.6 Å². The molecule has 0 saturated heterocycles. The molecule has 26 heavy (non-hydrogen) atoms. The van der Waals surface area contributed by atoms with Gasteiger partial charge in [-0.2, -0.15) is 43.9 Å². The molecule has 0 aromatic heterocycles. The molecule has 0 bridgehead atoms. The minimum Gasteiger partial charge on any atom is -0.226 e. The van der Waals surface area contributed by atoms with E-state index in [1.807, 2.05) is 0 Å². The Balaban J connectivity index is 5.92. The smallest absolute Gasteiger partial charge is 0.226 e. The van der Waals surface area contributed by atoms with Gasteiger partial charge >= 0.3 is 24.2 Å². The van der Waals surface area contributed by atoms with Crippen LogP contribution in [0.2, 0.25) is 0 Å². The van der Waals surface area contributed by atoms with Crippen molar-refractivity contribution < 1.29 is 48.3 Å². The first kappa shape index (κ1) is 26.0. The quantitative estimate of drug-likeness (QED) is 0.127. The summed E-state index contributed by atoms with van der Waals surface area (Å²) in [5.74, 6) is -17.1. The third-order valence-electron chi connectivity index (χ3n) is 4.12. The molecule has 0 radical (unpaired) electrons. The Kier molecular flexibility index (Phi) is 8.53. The fourth-order valence-electron chi connectivity index (χ4n) is 2.39. The molecule has 0 aromatic carbocycles. The third-order valence-corrected chi connectivity index (χ3v) is 5.82. The molecule has 0 saturated carbocycles. The molecule has 0 aliphatic heterocycles. The molecule has 0 heterocycles. The van der Waals surface area contributed by atoms with Gasteiger partial charge in [-0.05, 0) is 6.42 Å². The van der Waals surface area contributed by atoms with E-state index in [-0.39, 0.29) is 19.8 Å². The van der Waals surface area contributed by atoms with Gasteiger partial charge in [0, 0.05) is 9.84 Å². The van der Waals surface area contributed by atoms with E-state index in [9.17, 15) is 48.3 Å². The monoisotopic (exact) mass is 522 g/mol. The number of rotatable bonds is 9. The van der Waals surface area contributed by atoms with Gasteiger partial charge in [-0.3, -0.25) is 0 Å². The lowest BCUT2D eigenvalue weighted by molar-refractivity contribution is -0.418. The van der Waals surface area contributed by atoms with Crippen LogP contribution in [-0.2, 0) is 0 Å². The first-order valence-corrected chi connectivity index (χ1v) is 8.86. The molecular weight excluding hydrogens is 504 g/mol. The number of unbranched alkanes of at least 4 members (excludes halogenated alkanes) is 3. The summed E-state index contributed by atoms with van der Waals surface area (Å²) in [6.07, 6.45) is -11.9. The predicted octanol–water partition coefficient (Wildman–Crippen LogP) is 7.50. The van der Waals surface area contributed by atoms with Crippen LogP contribution in [0.25, 0.3) is 0 Å². The molecule has 0 aliphatic rings. The number of hydrogen-bond donors (Lipinski definition) is 0. The van der Waals surface area contributed by atoms with E-state index in [1.165, 1.54) is 22.6 Å². The molecule has 3 unspecified atom stereocenters. The summed E-state index contributed by atoms with van der Waals surface area (Å²) in [6.45, 7) is 2.07. The Morgan fingerprint density at radius 1 is 0.692 bits per heavy atom. The molecule has 0 aliphatic carbocycles. The summed E-state index contributed by atoms with van der Waals surface area (Å²) < 4.78 is 142. The Morgan fingerprint density at radius 2 is 1.15 bits per heavy atom. The van der Waals surface area contributed by atoms with E-state index >= 15 is 0 Å². The van der Waals surface area contributed by atoms with E-state index < -0.39 is 39.7 Å². The average molecular weight is 522 g/mol. The van der Waals surface area contributed by atoms with Gasteiger partial charge in [-0.1, -0.05) is 62.1 Å². The first-order chi connectivity index (χ1) is 11.4. The maximum absolute atomic E-state index is 14.5. The fraction of sp³-hybridized carbons (Fsp3) is 1.00. The third kappa shape index (κ3) is 4.68. The molecule has 3 atom stereocenters. The Morgan fingerprint density at radius 3 is 1.50 bits per heavy atom. The van der Waals surface area contributed by atoms with Crippen molar-refractivity contribution in [3.63, 3.8) is 0 Å². The zero-order valence-corrected chi connectivity index (χ0v) is 15.9. The minimum atomic E-state index is -7.20. The molecule has 0 aromatic rings. The van der Waals surface area contributed by atoms with Gasteiger partial charge in [-0.25, -0.2) is 4.39 Å². The van der Waals surface area contributed by atoms with Crippen molar-refractivity contribution in [1.29, 1.82) is 0 Å². The van der Waals surface area contributed by atoms with Crippen molar-refractivity contribution in [3.8, 4) is 0 Å². The van der Waals surface area contributed by atoms with Crippen LogP contribution >= 0.6 is 22.6 Å². The fourth-order valence-corrected chi connectivity index (χ4v) is 3.33. The highest BCUT2D eigenvalue weighted by Gasteiger charge is 2.87. The molecule has 12 heteroatoms. The maximum Gasteiger partial charge on any atom is 0.460 e. The SMILES string of the molecule is CCCCCCC(I)C(C)C(F)(C(F)(F)F)C(F)(F)C(F)(F)C(F)(F)F. The Bertz CT molecular complexity index is 443. The van der Waals surface area contributed by atoms with Crippen LogP contribution in [0.4, 0.5) is 48.3 Å². The summed E-state index contributed by atoms with van der Waals surface area (Å²) in [7, 11) is 0. The molecule has 0 fully saturated rings. The summed E-state index contributed by atoms with van der Waals surface area (Å²) in [6, 6.07) is 0. The molecule has 0 amide bonds. The zero-order chi connectivity index (χ0) is 21.2. The largest absolute Gasteiger partial charge is 0.460 e. The van der Waals surface area contributed by atoms with Crippen LogP contribution in [0, 0.1) is 5.92 Å². The van der Waals surface area contributed by atoms with Crippen LogP contribution < -0.4 is 0 Å². The van der Waals surface area contributed by atoms with Crippen molar-refractivity contribution in [2.45, 2.75) is 79.7 Å². The van der Waals surface area contributed by atoms with Crippen molar-refractivity contribution in [3.05, 3.63) is 0 Å². The van der Waals surface area contributed by atoms with Gasteiger partial charge in [0.1, 0.15) is 0 Å². The summed E-state index contributed by atoms with van der Waals surface area (Å²) in [4.78, 5) is 0. The van der Waals surface area contributed by atoms with E-state index in [0.717, 1.165) is 6.42 Å². The van der Waals surface area contributed by atoms with Crippen LogP contribution in [0.3, 0.4) is 0 Å². The van der Waals surface area contributed by atoms with Gasteiger partial charge in [0.05, 0.1) is 0 Å². The summed E-state index contributed by atoms with van der Waals surface area (Å²) in [5, 5.41) is 0. The van der Waals surface area contributed by atoms with Crippen LogP contribution in [0.1, 0.15) is 46.0 Å². The van der Waals surface area contributed by atoms with E-state index in [1.54, 1.807) is 6.92 Å². The molecular formula is C14H18F11I. The highest BCUT2D eigenvalue weighted by atomic mass is 127. The summed E-state index contributed by atoms with van der Waals surface area (Å²) in [5.41, 5.74) is -6.06. The lowest BCUT2D eigenvalue weighted by Crippen LogP contribution is -2.70. The molecule has 0 N–H and O–H groups in total. The maximum atomic E-state index is 14.5. The van der Waals surface area contributed by atoms with Crippen LogP contribution in [0.15, 0.2) is 0 Å². The molecule has 0 rings (SSSR count). The van der Waals surface area contributed by atoms with Gasteiger partial charge < -0.3 is 0 Å². The lowest BCUT2D eigenvalue weighted by Gasteiger charge is -2.43. The average Bonchev–Trinajstić information content (AvgIpc) is 2.47. The number of hydrogen-bond acceptors (Lipinski definition) is 0. The van der Waals surface area contributed by atoms with Crippen molar-refractivity contribution in [2.24, 2.45) is 5.92 Å². The predicted molar refractivity (Wildman–Crippen MR) is 81.6 cm³/mol. The van der Waals surface area contributed by atoms with E-state index in [4.69, 9.17) is 0 Å². The topological polar surface area (TPSA) is 0 Å². The van der Waals surface area contributed by atoms with Gasteiger partial charge in [0.25, 0.3) is 5.67 Å². The van der Waals surface area contributed by atoms with Crippen LogP contribution in [0.5, 0.6) is 0 Å². The van der Waals surface area contributed by atoms with E-state index in [2.05, 4.69) is 0 Å². The highest BCUT2D eigenvalue weighted by molar-refractivity contribution is 14.1. The Labute approximate surface area is 157 Å². The van der Waals surface area contributed by atoms with Gasteiger partial charge in [-0.15, -0.1) is 0 Å². The molecule has 0 spiro atoms. The highest BCUT2D eigenvalue weighted by Crippen LogP contribution is 2.60. The van der Waals surface area contributed by atoms with Gasteiger partial charge in [0.2, 0.25) is 0 Å². The Hall–Kier alpha value is -0.0400. The van der Waals surface area contributed by atoms with Crippen molar-refractivity contribution in [1.82, 2.24) is 0 Å². The second-order valence-electron chi connectivity index (χ2n) is 6.01. The standard InChI is InChI=1S/C14H18F11I/c1-3-4-5-6-7-9(26)8(2)10(15,13(20,21)22)11(16,17)12(18,19)14(23,24)25/h8-9H,3-7H2,1-2H3. The molecule has 0 nitrogen and oxygen atoms in total. The molecule has 158 valence electrons. The van der Waals surface area contributed by atoms with E-state index in [0.29, 0.717) is 12.8 Å². The minimum absolute atomic E-state index is 0.195. The second kappa shape index (κ2) is 8.54. The number of alkyl halides is 12. The first-order valence-electron chi connectivity index (χ1n) is 7.61.